The minimum absolute atomic E-state index is 0.602. The lowest BCUT2D eigenvalue weighted by atomic mass is 9.64. The number of rotatable bonds is 1. The average molecular weight is 134 g/mol. The van der Waals surface area contributed by atoms with Crippen molar-refractivity contribution in [3.05, 3.63) is 12.2 Å². The second kappa shape index (κ2) is 2.50. The second-order valence-electron chi connectivity index (χ2n) is 3.39. The van der Waals surface area contributed by atoms with Crippen LogP contribution in [0.15, 0.2) is 12.2 Å². The maximum atomic E-state index is 5.26. The standard InChI is InChI=1S/C10H14/c1-5-7(2)10-8(3)6-9(10)4/h1,8-10H,2,6H2,3-4H3. The first-order chi connectivity index (χ1) is 4.66. The molecule has 1 rings (SSSR count). The van der Waals surface area contributed by atoms with Crippen LogP contribution in [-0.2, 0) is 0 Å². The van der Waals surface area contributed by atoms with Crippen LogP contribution in [0.3, 0.4) is 0 Å². The van der Waals surface area contributed by atoms with Crippen LogP contribution in [0.4, 0.5) is 0 Å². The molecule has 10 heavy (non-hydrogen) atoms. The molecule has 54 valence electrons. The number of hydrogen-bond acceptors (Lipinski definition) is 0. The van der Waals surface area contributed by atoms with Gasteiger partial charge in [-0.25, -0.2) is 0 Å². The lowest BCUT2D eigenvalue weighted by Gasteiger charge is -2.40. The van der Waals surface area contributed by atoms with E-state index in [0.717, 1.165) is 17.4 Å². The fraction of sp³-hybridized carbons (Fsp3) is 0.600. The van der Waals surface area contributed by atoms with E-state index in [1.54, 1.807) is 0 Å². The molecule has 0 nitrogen and oxygen atoms in total. The van der Waals surface area contributed by atoms with Gasteiger partial charge in [-0.3, -0.25) is 0 Å². The first-order valence-corrected chi connectivity index (χ1v) is 3.82. The van der Waals surface area contributed by atoms with Crippen molar-refractivity contribution in [3.63, 3.8) is 0 Å². The van der Waals surface area contributed by atoms with Gasteiger partial charge in [0.2, 0.25) is 0 Å². The molecular formula is C10H14. The Morgan fingerprint density at radius 1 is 1.50 bits per heavy atom. The quantitative estimate of drug-likeness (QED) is 0.483. The Balaban J connectivity index is 2.57. The predicted octanol–water partition coefficient (Wildman–Crippen LogP) is 2.47. The summed E-state index contributed by atoms with van der Waals surface area (Å²) in [5.74, 6) is 4.76. The minimum atomic E-state index is 0.602. The topological polar surface area (TPSA) is 0 Å². The Labute approximate surface area is 63.3 Å². The zero-order chi connectivity index (χ0) is 7.72. The van der Waals surface area contributed by atoms with E-state index in [0.29, 0.717) is 5.92 Å². The van der Waals surface area contributed by atoms with Crippen molar-refractivity contribution in [1.82, 2.24) is 0 Å². The van der Waals surface area contributed by atoms with Gasteiger partial charge >= 0.3 is 0 Å². The van der Waals surface area contributed by atoms with E-state index in [9.17, 15) is 0 Å². The molecule has 2 atom stereocenters. The van der Waals surface area contributed by atoms with Crippen molar-refractivity contribution in [1.29, 1.82) is 0 Å². The van der Waals surface area contributed by atoms with Gasteiger partial charge in [-0.2, -0.15) is 0 Å². The van der Waals surface area contributed by atoms with Crippen molar-refractivity contribution in [2.75, 3.05) is 0 Å². The molecule has 0 aromatic heterocycles. The third-order valence-corrected chi connectivity index (χ3v) is 2.56. The van der Waals surface area contributed by atoms with Crippen molar-refractivity contribution < 1.29 is 0 Å². The molecule has 0 radical (unpaired) electrons. The van der Waals surface area contributed by atoms with Crippen molar-refractivity contribution >= 4 is 0 Å². The maximum Gasteiger partial charge on any atom is -0.00179 e. The van der Waals surface area contributed by atoms with Crippen LogP contribution < -0.4 is 0 Å². The van der Waals surface area contributed by atoms with Gasteiger partial charge in [0.05, 0.1) is 0 Å². The van der Waals surface area contributed by atoms with E-state index < -0.39 is 0 Å². The molecule has 0 amide bonds. The summed E-state index contributed by atoms with van der Waals surface area (Å²) in [4.78, 5) is 0. The monoisotopic (exact) mass is 134 g/mol. The van der Waals surface area contributed by atoms with Crippen LogP contribution in [0.1, 0.15) is 20.3 Å². The third kappa shape index (κ3) is 0.968. The molecule has 1 fully saturated rings. The highest BCUT2D eigenvalue weighted by Gasteiger charge is 2.35. The lowest BCUT2D eigenvalue weighted by molar-refractivity contribution is 0.141. The Morgan fingerprint density at radius 3 is 2.20 bits per heavy atom. The predicted molar refractivity (Wildman–Crippen MR) is 44.4 cm³/mol. The van der Waals surface area contributed by atoms with Gasteiger partial charge in [0, 0.05) is 0 Å². The largest absolute Gasteiger partial charge is 0.115 e. The molecule has 1 aliphatic rings. The Hall–Kier alpha value is -0.700. The first-order valence-electron chi connectivity index (χ1n) is 3.82. The van der Waals surface area contributed by atoms with Gasteiger partial charge in [-0.15, -0.1) is 6.42 Å². The highest BCUT2D eigenvalue weighted by Crippen LogP contribution is 2.43. The summed E-state index contributed by atoms with van der Waals surface area (Å²) in [7, 11) is 0. The first kappa shape index (κ1) is 7.41. The zero-order valence-electron chi connectivity index (χ0n) is 6.72. The van der Waals surface area contributed by atoms with E-state index in [1.165, 1.54) is 6.42 Å². The second-order valence-corrected chi connectivity index (χ2v) is 3.39. The number of hydrogen-bond donors (Lipinski definition) is 0. The molecule has 0 bridgehead atoms. The summed E-state index contributed by atoms with van der Waals surface area (Å²) >= 11 is 0. The van der Waals surface area contributed by atoms with Gasteiger partial charge in [-0.05, 0) is 29.7 Å². The molecule has 0 heterocycles. The van der Waals surface area contributed by atoms with Crippen LogP contribution >= 0.6 is 0 Å². The third-order valence-electron chi connectivity index (χ3n) is 2.56. The Kier molecular flexibility index (Phi) is 1.85. The van der Waals surface area contributed by atoms with Crippen LogP contribution in [0, 0.1) is 30.1 Å². The van der Waals surface area contributed by atoms with Crippen LogP contribution in [-0.4, -0.2) is 0 Å². The van der Waals surface area contributed by atoms with E-state index in [1.807, 2.05) is 0 Å². The smallest absolute Gasteiger partial charge is 0.00179 e. The van der Waals surface area contributed by atoms with E-state index in [2.05, 4.69) is 26.3 Å². The molecule has 0 aliphatic heterocycles. The summed E-state index contributed by atoms with van der Waals surface area (Å²) < 4.78 is 0. The minimum Gasteiger partial charge on any atom is -0.115 e. The average Bonchev–Trinajstić information content (AvgIpc) is 1.87. The van der Waals surface area contributed by atoms with Crippen molar-refractivity contribution in [3.8, 4) is 12.3 Å². The zero-order valence-corrected chi connectivity index (χ0v) is 6.72. The molecule has 0 heteroatoms. The molecule has 0 spiro atoms. The van der Waals surface area contributed by atoms with E-state index >= 15 is 0 Å². The molecule has 1 aliphatic carbocycles. The van der Waals surface area contributed by atoms with Crippen LogP contribution in [0.25, 0.3) is 0 Å². The molecule has 0 aromatic rings. The van der Waals surface area contributed by atoms with Crippen LogP contribution in [0.2, 0.25) is 0 Å². The van der Waals surface area contributed by atoms with Crippen LogP contribution in [0.5, 0.6) is 0 Å². The molecule has 0 aromatic carbocycles. The Bertz CT molecular complexity index is 175. The summed E-state index contributed by atoms with van der Waals surface area (Å²) in [6.07, 6.45) is 6.57. The lowest BCUT2D eigenvalue weighted by Crippen LogP contribution is -2.33. The highest BCUT2D eigenvalue weighted by molar-refractivity contribution is 5.27. The molecular weight excluding hydrogens is 120 g/mol. The fourth-order valence-electron chi connectivity index (χ4n) is 2.03. The van der Waals surface area contributed by atoms with Gasteiger partial charge in [-0.1, -0.05) is 26.3 Å². The van der Waals surface area contributed by atoms with Crippen molar-refractivity contribution in [2.45, 2.75) is 20.3 Å². The number of allylic oxidation sites excluding steroid dienone is 1. The summed E-state index contributed by atoms with van der Waals surface area (Å²) in [6.45, 7) is 8.35. The van der Waals surface area contributed by atoms with E-state index in [-0.39, 0.29) is 0 Å². The highest BCUT2D eigenvalue weighted by atomic mass is 14.4. The maximum absolute atomic E-state index is 5.26. The summed E-state index contributed by atoms with van der Waals surface area (Å²) in [5.41, 5.74) is 0.992. The SMILES string of the molecule is C#CC(=C)C1C(C)CC1C. The van der Waals surface area contributed by atoms with Gasteiger partial charge < -0.3 is 0 Å². The molecule has 2 unspecified atom stereocenters. The molecule has 0 saturated heterocycles. The van der Waals surface area contributed by atoms with Gasteiger partial charge in [0.1, 0.15) is 0 Å². The van der Waals surface area contributed by atoms with Crippen molar-refractivity contribution in [2.24, 2.45) is 17.8 Å². The number of terminal acetylenes is 1. The normalized spacial score (nSPS) is 37.9. The Morgan fingerprint density at radius 2 is 2.00 bits per heavy atom. The molecule has 1 saturated carbocycles. The fourth-order valence-corrected chi connectivity index (χ4v) is 2.03. The van der Waals surface area contributed by atoms with Gasteiger partial charge in [0.25, 0.3) is 0 Å². The van der Waals surface area contributed by atoms with E-state index in [4.69, 9.17) is 6.42 Å². The summed E-state index contributed by atoms with van der Waals surface area (Å²) in [5, 5.41) is 0. The molecule has 0 N–H and O–H groups in total. The summed E-state index contributed by atoms with van der Waals surface area (Å²) in [6, 6.07) is 0. The van der Waals surface area contributed by atoms with Gasteiger partial charge in [0.15, 0.2) is 0 Å².